The van der Waals surface area contributed by atoms with Crippen LogP contribution in [-0.2, 0) is 4.79 Å². The van der Waals surface area contributed by atoms with E-state index in [1.165, 1.54) is 6.08 Å². The van der Waals surface area contributed by atoms with Crippen molar-refractivity contribution < 1.29 is 9.90 Å². The molecule has 0 radical (unpaired) electrons. The fourth-order valence-corrected chi connectivity index (χ4v) is 0.677. The third-order valence-electron chi connectivity index (χ3n) is 1.01. The smallest absolute Gasteiger partial charge is 0.328 e. The Hall–Kier alpha value is -0.790. The predicted molar refractivity (Wildman–Crippen MR) is 36.3 cm³/mol. The van der Waals surface area contributed by atoms with Crippen LogP contribution in [0.25, 0.3) is 0 Å². The highest BCUT2D eigenvalue weighted by Crippen LogP contribution is 2.01. The molecular formula is C7H12O2. The summed E-state index contributed by atoms with van der Waals surface area (Å²) in [5.74, 6) is -0.846. The van der Waals surface area contributed by atoms with Crippen molar-refractivity contribution in [1.82, 2.24) is 0 Å². The summed E-state index contributed by atoms with van der Waals surface area (Å²) in [4.78, 5) is 10.0. The van der Waals surface area contributed by atoms with E-state index in [-0.39, 0.29) is 0 Å². The van der Waals surface area contributed by atoms with Crippen LogP contribution < -0.4 is 0 Å². The minimum atomic E-state index is -0.846. The molecule has 0 saturated heterocycles. The van der Waals surface area contributed by atoms with E-state index in [2.05, 4.69) is 0 Å². The van der Waals surface area contributed by atoms with Gasteiger partial charge in [-0.25, -0.2) is 4.79 Å². The fourth-order valence-electron chi connectivity index (χ4n) is 0.677. The van der Waals surface area contributed by atoms with Crippen LogP contribution in [0.4, 0.5) is 0 Å². The quantitative estimate of drug-likeness (QED) is 0.588. The van der Waals surface area contributed by atoms with Crippen molar-refractivity contribution in [3.8, 4) is 0 Å². The van der Waals surface area contributed by atoms with Gasteiger partial charge in [0.15, 0.2) is 0 Å². The SMILES string of the molecule is CCC/C(C)=C/C(=O)O. The molecule has 0 aliphatic carbocycles. The summed E-state index contributed by atoms with van der Waals surface area (Å²) < 4.78 is 0. The molecule has 0 aromatic rings. The van der Waals surface area contributed by atoms with Gasteiger partial charge in [-0.15, -0.1) is 0 Å². The zero-order valence-corrected chi connectivity index (χ0v) is 5.85. The number of hydrogen-bond donors (Lipinski definition) is 1. The first-order chi connectivity index (χ1) is 4.16. The first-order valence-corrected chi connectivity index (χ1v) is 3.07. The average Bonchev–Trinajstić information content (AvgIpc) is 1.63. The molecule has 2 heteroatoms. The number of carboxylic acid groups (broad SMARTS) is 1. The van der Waals surface area contributed by atoms with Crippen molar-refractivity contribution in [2.24, 2.45) is 0 Å². The van der Waals surface area contributed by atoms with Gasteiger partial charge in [0, 0.05) is 6.08 Å². The first kappa shape index (κ1) is 8.21. The van der Waals surface area contributed by atoms with Crippen molar-refractivity contribution in [3.63, 3.8) is 0 Å². The third kappa shape index (κ3) is 5.07. The molecule has 2 nitrogen and oxygen atoms in total. The predicted octanol–water partition coefficient (Wildman–Crippen LogP) is 1.82. The number of carbonyl (C=O) groups is 1. The van der Waals surface area contributed by atoms with E-state index in [1.54, 1.807) is 0 Å². The van der Waals surface area contributed by atoms with Gasteiger partial charge in [0.05, 0.1) is 0 Å². The fraction of sp³-hybridized carbons (Fsp3) is 0.571. The van der Waals surface area contributed by atoms with Crippen molar-refractivity contribution in [2.75, 3.05) is 0 Å². The molecule has 1 N–H and O–H groups in total. The molecule has 0 aromatic carbocycles. The minimum Gasteiger partial charge on any atom is -0.478 e. The van der Waals surface area contributed by atoms with Gasteiger partial charge in [0.25, 0.3) is 0 Å². The molecule has 0 fully saturated rings. The van der Waals surface area contributed by atoms with Gasteiger partial charge in [-0.05, 0) is 13.3 Å². The van der Waals surface area contributed by atoms with Crippen LogP contribution in [0.2, 0.25) is 0 Å². The Kier molecular flexibility index (Phi) is 3.76. The highest BCUT2D eigenvalue weighted by molar-refractivity contribution is 5.80. The van der Waals surface area contributed by atoms with Crippen LogP contribution in [0.15, 0.2) is 11.6 Å². The highest BCUT2D eigenvalue weighted by Gasteiger charge is 1.90. The van der Waals surface area contributed by atoms with Gasteiger partial charge in [-0.3, -0.25) is 0 Å². The summed E-state index contributed by atoms with van der Waals surface area (Å²) in [5.41, 5.74) is 0.935. The highest BCUT2D eigenvalue weighted by atomic mass is 16.4. The monoisotopic (exact) mass is 128 g/mol. The van der Waals surface area contributed by atoms with Crippen LogP contribution >= 0.6 is 0 Å². The molecule has 0 rings (SSSR count). The molecule has 0 aliphatic heterocycles. The molecular weight excluding hydrogens is 116 g/mol. The maximum atomic E-state index is 10.0. The summed E-state index contributed by atoms with van der Waals surface area (Å²) in [5, 5.41) is 8.23. The van der Waals surface area contributed by atoms with Gasteiger partial charge >= 0.3 is 5.97 Å². The standard InChI is InChI=1S/C7H12O2/c1-3-4-6(2)5-7(8)9/h5H,3-4H2,1-2H3,(H,8,9)/b6-5+. The third-order valence-corrected chi connectivity index (χ3v) is 1.01. The number of carboxylic acids is 1. The molecule has 0 heterocycles. The van der Waals surface area contributed by atoms with Crippen molar-refractivity contribution in [3.05, 3.63) is 11.6 Å². The lowest BCUT2D eigenvalue weighted by Gasteiger charge is -1.92. The van der Waals surface area contributed by atoms with Crippen molar-refractivity contribution in [1.29, 1.82) is 0 Å². The summed E-state index contributed by atoms with van der Waals surface area (Å²) in [6.45, 7) is 3.86. The second-order valence-corrected chi connectivity index (χ2v) is 2.08. The van der Waals surface area contributed by atoms with E-state index >= 15 is 0 Å². The van der Waals surface area contributed by atoms with Crippen LogP contribution in [0.3, 0.4) is 0 Å². The molecule has 0 unspecified atom stereocenters. The summed E-state index contributed by atoms with van der Waals surface area (Å²) in [6.07, 6.45) is 3.14. The van der Waals surface area contributed by atoms with E-state index in [9.17, 15) is 4.79 Å². The minimum absolute atomic E-state index is 0.846. The first-order valence-electron chi connectivity index (χ1n) is 3.07. The Labute approximate surface area is 55.2 Å². The summed E-state index contributed by atoms with van der Waals surface area (Å²) in [7, 11) is 0. The molecule has 52 valence electrons. The lowest BCUT2D eigenvalue weighted by molar-refractivity contribution is -0.131. The Bertz CT molecular complexity index is 125. The molecule has 0 bridgehead atoms. The number of allylic oxidation sites excluding steroid dienone is 1. The van der Waals surface area contributed by atoms with Crippen LogP contribution in [0, 0.1) is 0 Å². The van der Waals surface area contributed by atoms with Gasteiger partial charge in [-0.2, -0.15) is 0 Å². The van der Waals surface area contributed by atoms with Gasteiger partial charge in [-0.1, -0.05) is 18.9 Å². The van der Waals surface area contributed by atoms with E-state index in [0.717, 1.165) is 18.4 Å². The zero-order valence-electron chi connectivity index (χ0n) is 5.85. The lowest BCUT2D eigenvalue weighted by Crippen LogP contribution is -1.89. The molecule has 0 saturated carbocycles. The zero-order chi connectivity index (χ0) is 7.28. The molecule has 0 aromatic heterocycles. The van der Waals surface area contributed by atoms with E-state index in [4.69, 9.17) is 5.11 Å². The van der Waals surface area contributed by atoms with E-state index in [0.29, 0.717) is 0 Å². The Morgan fingerprint density at radius 1 is 1.67 bits per heavy atom. The van der Waals surface area contributed by atoms with Crippen LogP contribution in [-0.4, -0.2) is 11.1 Å². The van der Waals surface area contributed by atoms with Gasteiger partial charge in [0.2, 0.25) is 0 Å². The normalized spacial score (nSPS) is 11.6. The molecule has 9 heavy (non-hydrogen) atoms. The van der Waals surface area contributed by atoms with Crippen LogP contribution in [0.5, 0.6) is 0 Å². The van der Waals surface area contributed by atoms with Crippen LogP contribution in [0.1, 0.15) is 26.7 Å². The molecule has 0 aliphatic rings. The second kappa shape index (κ2) is 4.13. The maximum absolute atomic E-state index is 10.0. The average molecular weight is 128 g/mol. The Balaban J connectivity index is 3.69. The maximum Gasteiger partial charge on any atom is 0.328 e. The number of rotatable bonds is 3. The molecule has 0 atom stereocenters. The van der Waals surface area contributed by atoms with Crippen molar-refractivity contribution >= 4 is 5.97 Å². The second-order valence-electron chi connectivity index (χ2n) is 2.08. The number of hydrogen-bond acceptors (Lipinski definition) is 1. The number of aliphatic carboxylic acids is 1. The largest absolute Gasteiger partial charge is 0.478 e. The van der Waals surface area contributed by atoms with E-state index < -0.39 is 5.97 Å². The summed E-state index contributed by atoms with van der Waals surface area (Å²) in [6, 6.07) is 0. The lowest BCUT2D eigenvalue weighted by atomic mass is 10.2. The topological polar surface area (TPSA) is 37.3 Å². The van der Waals surface area contributed by atoms with Gasteiger partial charge < -0.3 is 5.11 Å². The van der Waals surface area contributed by atoms with E-state index in [1.807, 2.05) is 13.8 Å². The summed E-state index contributed by atoms with van der Waals surface area (Å²) >= 11 is 0. The van der Waals surface area contributed by atoms with Gasteiger partial charge in [0.1, 0.15) is 0 Å². The molecule has 0 amide bonds. The molecule has 0 spiro atoms. The Morgan fingerprint density at radius 2 is 2.22 bits per heavy atom. The van der Waals surface area contributed by atoms with Crippen molar-refractivity contribution in [2.45, 2.75) is 26.7 Å². The Morgan fingerprint density at radius 3 is 2.56 bits per heavy atom.